The van der Waals surface area contributed by atoms with Gasteiger partial charge in [-0.05, 0) is 0 Å². The Morgan fingerprint density at radius 2 is 1.86 bits per heavy atom. The maximum Gasteiger partial charge on any atom is 0.190 e. The normalized spacial score (nSPS) is 18.9. The van der Waals surface area contributed by atoms with Crippen LogP contribution in [0.2, 0.25) is 0 Å². The molecule has 2 atom stereocenters. The summed E-state index contributed by atoms with van der Waals surface area (Å²) >= 11 is 15.1. The lowest BCUT2D eigenvalue weighted by Crippen LogP contribution is -2.10. The fourth-order valence-electron chi connectivity index (χ4n) is 0.0673. The average molecular weight is 165 g/mol. The minimum Gasteiger partial charge on any atom is -0.228 e. The van der Waals surface area contributed by atoms with E-state index in [1.54, 1.807) is 0 Å². The van der Waals surface area contributed by atoms with Crippen molar-refractivity contribution in [2.75, 3.05) is 5.88 Å². The summed E-state index contributed by atoms with van der Waals surface area (Å²) in [6, 6.07) is 0. The highest BCUT2D eigenvalue weighted by atomic mass is 35.5. The first-order chi connectivity index (χ1) is 3.18. The van der Waals surface area contributed by atoms with Gasteiger partial charge in [0, 0.05) is 5.88 Å². The maximum absolute atomic E-state index is 11.6. The van der Waals surface area contributed by atoms with Crippen LogP contribution in [0.3, 0.4) is 0 Å². The van der Waals surface area contributed by atoms with Gasteiger partial charge in [0.25, 0.3) is 0 Å². The average Bonchev–Trinajstić information content (AvgIpc) is 1.65. The third kappa shape index (κ3) is 3.39. The van der Waals surface area contributed by atoms with Crippen molar-refractivity contribution < 1.29 is 4.39 Å². The topological polar surface area (TPSA) is 0 Å². The Bertz CT molecular complexity index is 47.4. The number of hydrogen-bond acceptors (Lipinski definition) is 0. The van der Waals surface area contributed by atoms with E-state index in [2.05, 4.69) is 0 Å². The molecular weight excluding hydrogens is 161 g/mol. The summed E-state index contributed by atoms with van der Waals surface area (Å²) in [4.78, 5) is 0. The van der Waals surface area contributed by atoms with Crippen molar-refractivity contribution in [3.63, 3.8) is 0 Å². The summed E-state index contributed by atoms with van der Waals surface area (Å²) in [7, 11) is 0. The molecule has 0 aliphatic carbocycles. The molecule has 44 valence electrons. The van der Waals surface area contributed by atoms with Gasteiger partial charge in [0.1, 0.15) is 0 Å². The lowest BCUT2D eigenvalue weighted by atomic mass is 10.5. The Morgan fingerprint density at radius 3 is 1.86 bits per heavy atom. The number of halogens is 4. The van der Waals surface area contributed by atoms with Crippen LogP contribution in [0.1, 0.15) is 0 Å². The molecule has 0 unspecified atom stereocenters. The summed E-state index contributed by atoms with van der Waals surface area (Å²) in [5.41, 5.74) is -1.53. The van der Waals surface area contributed by atoms with Crippen LogP contribution < -0.4 is 0 Å². The Balaban J connectivity index is 3.14. The molecular formula is C3H4Cl3F. The smallest absolute Gasteiger partial charge is 0.190 e. The Kier molecular flexibility index (Phi) is 4.19. The van der Waals surface area contributed by atoms with Crippen LogP contribution >= 0.6 is 34.8 Å². The highest BCUT2D eigenvalue weighted by Crippen LogP contribution is 2.11. The molecule has 0 rings (SSSR count). The molecule has 7 heavy (non-hydrogen) atoms. The van der Waals surface area contributed by atoms with Crippen molar-refractivity contribution in [2.24, 2.45) is 0 Å². The Morgan fingerprint density at radius 1 is 1.43 bits per heavy atom. The molecule has 0 aliphatic rings. The zero-order valence-electron chi connectivity index (χ0n) is 3.37. The van der Waals surface area contributed by atoms with Gasteiger partial charge < -0.3 is 0 Å². The van der Waals surface area contributed by atoms with Crippen molar-refractivity contribution in [2.45, 2.75) is 11.0 Å². The van der Waals surface area contributed by atoms with E-state index < -0.39 is 11.0 Å². The van der Waals surface area contributed by atoms with Crippen LogP contribution in [0.4, 0.5) is 4.39 Å². The fourth-order valence-corrected chi connectivity index (χ4v) is 0.404. The standard InChI is InChI=1S/C3H4Cl3F/c4-1-2(5)3(6)7/h2-3H,1H2/t2-,3-/m1/s1. The summed E-state index contributed by atoms with van der Waals surface area (Å²) in [5.74, 6) is 0.0478. The summed E-state index contributed by atoms with van der Waals surface area (Å²) in [6.45, 7) is 0. The molecule has 0 amide bonds. The van der Waals surface area contributed by atoms with Crippen molar-refractivity contribution in [1.29, 1.82) is 0 Å². The van der Waals surface area contributed by atoms with E-state index in [9.17, 15) is 4.39 Å². The van der Waals surface area contributed by atoms with E-state index >= 15 is 0 Å². The van der Waals surface area contributed by atoms with Crippen molar-refractivity contribution in [3.8, 4) is 0 Å². The van der Waals surface area contributed by atoms with Gasteiger partial charge in [-0.1, -0.05) is 11.6 Å². The van der Waals surface area contributed by atoms with Gasteiger partial charge in [0.05, 0.1) is 5.38 Å². The predicted molar refractivity (Wildman–Crippen MR) is 31.1 cm³/mol. The highest BCUT2D eigenvalue weighted by molar-refractivity contribution is 6.33. The summed E-state index contributed by atoms with van der Waals surface area (Å²) in [6.07, 6.45) is 0. The van der Waals surface area contributed by atoms with Crippen LogP contribution in [0.5, 0.6) is 0 Å². The van der Waals surface area contributed by atoms with Gasteiger partial charge in [-0.3, -0.25) is 0 Å². The Hall–Kier alpha value is 0.800. The largest absolute Gasteiger partial charge is 0.228 e. The van der Waals surface area contributed by atoms with Gasteiger partial charge >= 0.3 is 0 Å². The summed E-state index contributed by atoms with van der Waals surface area (Å²) in [5, 5.41) is -0.761. The van der Waals surface area contributed by atoms with E-state index in [0.717, 1.165) is 0 Å². The van der Waals surface area contributed by atoms with E-state index in [1.807, 2.05) is 0 Å². The zero-order valence-corrected chi connectivity index (χ0v) is 5.64. The van der Waals surface area contributed by atoms with Gasteiger partial charge in [-0.15, -0.1) is 23.2 Å². The molecule has 0 radical (unpaired) electrons. The summed E-state index contributed by atoms with van der Waals surface area (Å²) < 4.78 is 11.6. The zero-order chi connectivity index (χ0) is 5.86. The lowest BCUT2D eigenvalue weighted by Gasteiger charge is -2.00. The minimum atomic E-state index is -1.53. The molecule has 0 aromatic heterocycles. The van der Waals surface area contributed by atoms with Gasteiger partial charge in [0.2, 0.25) is 0 Å². The monoisotopic (exact) mass is 164 g/mol. The molecule has 0 aromatic carbocycles. The second-order valence-electron chi connectivity index (χ2n) is 1.00. The molecule has 4 heteroatoms. The second kappa shape index (κ2) is 3.76. The van der Waals surface area contributed by atoms with Crippen molar-refractivity contribution in [3.05, 3.63) is 0 Å². The maximum atomic E-state index is 11.6. The molecule has 0 spiro atoms. The first kappa shape index (κ1) is 7.80. The third-order valence-electron chi connectivity index (χ3n) is 0.421. The van der Waals surface area contributed by atoms with Crippen LogP contribution in [0.15, 0.2) is 0 Å². The fraction of sp³-hybridized carbons (Fsp3) is 1.00. The number of alkyl halides is 4. The van der Waals surface area contributed by atoms with E-state index in [-0.39, 0.29) is 5.88 Å². The van der Waals surface area contributed by atoms with Gasteiger partial charge in [0.15, 0.2) is 5.63 Å². The van der Waals surface area contributed by atoms with E-state index in [1.165, 1.54) is 0 Å². The number of hydrogen-bond donors (Lipinski definition) is 0. The molecule has 0 fully saturated rings. The van der Waals surface area contributed by atoms with Gasteiger partial charge in [-0.25, -0.2) is 4.39 Å². The molecule has 0 nitrogen and oxygen atoms in total. The third-order valence-corrected chi connectivity index (χ3v) is 1.72. The number of rotatable bonds is 2. The molecule has 0 bridgehead atoms. The lowest BCUT2D eigenvalue weighted by molar-refractivity contribution is 0.440. The van der Waals surface area contributed by atoms with Gasteiger partial charge in [-0.2, -0.15) is 0 Å². The van der Waals surface area contributed by atoms with Crippen LogP contribution in [-0.4, -0.2) is 16.9 Å². The van der Waals surface area contributed by atoms with Crippen molar-refractivity contribution >= 4 is 34.8 Å². The predicted octanol–water partition coefficient (Wildman–Crippen LogP) is 2.37. The molecule has 0 saturated heterocycles. The quantitative estimate of drug-likeness (QED) is 0.551. The molecule has 0 saturated carbocycles. The van der Waals surface area contributed by atoms with Crippen LogP contribution in [0.25, 0.3) is 0 Å². The Labute approximate surface area is 56.5 Å². The highest BCUT2D eigenvalue weighted by Gasteiger charge is 2.12. The van der Waals surface area contributed by atoms with E-state index in [4.69, 9.17) is 34.8 Å². The second-order valence-corrected chi connectivity index (χ2v) is 2.29. The van der Waals surface area contributed by atoms with Crippen molar-refractivity contribution in [1.82, 2.24) is 0 Å². The molecule has 0 aromatic rings. The molecule has 0 N–H and O–H groups in total. The van der Waals surface area contributed by atoms with Crippen LogP contribution in [-0.2, 0) is 0 Å². The molecule has 0 aliphatic heterocycles. The molecule has 0 heterocycles. The SMILES string of the molecule is F[C@@H](Cl)[C@H](Cl)CCl. The first-order valence-corrected chi connectivity index (χ1v) is 3.07. The van der Waals surface area contributed by atoms with E-state index in [0.29, 0.717) is 0 Å². The van der Waals surface area contributed by atoms with Crippen LogP contribution in [0, 0.1) is 0 Å². The first-order valence-electron chi connectivity index (χ1n) is 1.66. The minimum absolute atomic E-state index is 0.0478.